The molecule has 2 saturated heterocycles. The maximum Gasteiger partial charge on any atom is 0.259 e. The lowest BCUT2D eigenvalue weighted by Gasteiger charge is -2.41. The minimum absolute atomic E-state index is 0.118. The summed E-state index contributed by atoms with van der Waals surface area (Å²) in [6, 6.07) is 12.2. The minimum Gasteiger partial charge on any atom is -0.379 e. The predicted octanol–water partition coefficient (Wildman–Crippen LogP) is -0.200. The van der Waals surface area contributed by atoms with Crippen LogP contribution in [0.15, 0.2) is 42.2 Å². The van der Waals surface area contributed by atoms with Crippen LogP contribution < -0.4 is 21.3 Å². The van der Waals surface area contributed by atoms with E-state index in [4.69, 9.17) is 9.72 Å². The maximum atomic E-state index is 13.1. The van der Waals surface area contributed by atoms with Crippen LogP contribution in [0.4, 0.5) is 0 Å². The number of para-hydroxylation sites is 1. The fourth-order valence-corrected chi connectivity index (χ4v) is 3.73. The predicted molar refractivity (Wildman–Crippen MR) is 106 cm³/mol. The van der Waals surface area contributed by atoms with Gasteiger partial charge < -0.3 is 26.0 Å². The standard InChI is InChI=1S/C20H24N6O2/c27-19-17(16-6-5-13-3-1-2-4-15(13)23-16)18(22-14-11-21-12-14)24-20(25-19)26-7-9-28-10-8-26/h1-6,14,20-22,24H,7-12H2,(H,25,27). The molecule has 8 heteroatoms. The lowest BCUT2D eigenvalue weighted by atomic mass is 10.1. The minimum atomic E-state index is -0.254. The van der Waals surface area contributed by atoms with Gasteiger partial charge in [-0.2, -0.15) is 0 Å². The molecule has 28 heavy (non-hydrogen) atoms. The molecule has 1 amide bonds. The Morgan fingerprint density at radius 1 is 1.07 bits per heavy atom. The normalized spacial score (nSPS) is 23.9. The van der Waals surface area contributed by atoms with E-state index in [2.05, 4.69) is 26.2 Å². The number of rotatable bonds is 4. The van der Waals surface area contributed by atoms with Gasteiger partial charge in [0.25, 0.3) is 5.91 Å². The fourth-order valence-electron chi connectivity index (χ4n) is 3.73. The van der Waals surface area contributed by atoms with Crippen molar-refractivity contribution in [2.24, 2.45) is 0 Å². The van der Waals surface area contributed by atoms with Gasteiger partial charge in [-0.15, -0.1) is 0 Å². The number of benzene rings is 1. The van der Waals surface area contributed by atoms with E-state index in [0.717, 1.165) is 42.9 Å². The van der Waals surface area contributed by atoms with Crippen molar-refractivity contribution in [1.82, 2.24) is 31.2 Å². The summed E-state index contributed by atoms with van der Waals surface area (Å²) in [5, 5.41) is 14.4. The molecular formula is C20H24N6O2. The highest BCUT2D eigenvalue weighted by Gasteiger charge is 2.33. The summed E-state index contributed by atoms with van der Waals surface area (Å²) in [5.41, 5.74) is 2.10. The van der Waals surface area contributed by atoms with Crippen molar-refractivity contribution in [3.63, 3.8) is 0 Å². The van der Waals surface area contributed by atoms with E-state index in [1.807, 2.05) is 36.4 Å². The molecular weight excluding hydrogens is 356 g/mol. The van der Waals surface area contributed by atoms with Gasteiger partial charge >= 0.3 is 0 Å². The Morgan fingerprint density at radius 3 is 2.68 bits per heavy atom. The Kier molecular flexibility index (Phi) is 4.59. The zero-order valence-corrected chi connectivity index (χ0v) is 15.6. The average molecular weight is 380 g/mol. The van der Waals surface area contributed by atoms with E-state index in [1.165, 1.54) is 0 Å². The molecule has 0 bridgehead atoms. The zero-order chi connectivity index (χ0) is 18.9. The van der Waals surface area contributed by atoms with Crippen molar-refractivity contribution >= 4 is 22.4 Å². The number of amides is 1. The zero-order valence-electron chi connectivity index (χ0n) is 15.6. The van der Waals surface area contributed by atoms with Crippen LogP contribution in [-0.4, -0.2) is 67.5 Å². The molecule has 5 rings (SSSR count). The Bertz CT molecular complexity index is 920. The average Bonchev–Trinajstić information content (AvgIpc) is 2.71. The fraction of sp³-hybridized carbons (Fsp3) is 0.400. The van der Waals surface area contributed by atoms with Crippen LogP contribution in [0.25, 0.3) is 16.5 Å². The third-order valence-corrected chi connectivity index (χ3v) is 5.42. The molecule has 4 N–H and O–H groups in total. The van der Waals surface area contributed by atoms with Gasteiger partial charge in [0.15, 0.2) is 6.29 Å². The molecule has 8 nitrogen and oxygen atoms in total. The molecule has 1 aromatic heterocycles. The molecule has 1 atom stereocenters. The first kappa shape index (κ1) is 17.4. The molecule has 3 aliphatic heterocycles. The van der Waals surface area contributed by atoms with E-state index >= 15 is 0 Å². The number of carbonyl (C=O) groups is 1. The Morgan fingerprint density at radius 2 is 1.89 bits per heavy atom. The number of morpholine rings is 1. The SMILES string of the molecule is O=C1NC(N2CCOCC2)NC(NC2CNC2)=C1c1ccc2ccccc2n1. The van der Waals surface area contributed by atoms with E-state index in [-0.39, 0.29) is 12.2 Å². The number of aromatic nitrogens is 1. The topological polar surface area (TPSA) is 90.6 Å². The summed E-state index contributed by atoms with van der Waals surface area (Å²) in [7, 11) is 0. The number of ether oxygens (including phenoxy) is 1. The first-order valence-corrected chi connectivity index (χ1v) is 9.75. The number of hydrogen-bond acceptors (Lipinski definition) is 7. The molecule has 1 unspecified atom stereocenters. The molecule has 2 aromatic rings. The Labute approximate surface area is 163 Å². The molecule has 1 aromatic carbocycles. The van der Waals surface area contributed by atoms with Crippen molar-refractivity contribution in [3.05, 3.63) is 47.9 Å². The van der Waals surface area contributed by atoms with Crippen LogP contribution in [0.2, 0.25) is 0 Å². The highest BCUT2D eigenvalue weighted by Crippen LogP contribution is 2.23. The molecule has 0 spiro atoms. The monoisotopic (exact) mass is 380 g/mol. The summed E-state index contributed by atoms with van der Waals surface area (Å²) in [6.45, 7) is 4.67. The van der Waals surface area contributed by atoms with Crippen molar-refractivity contribution in [2.75, 3.05) is 39.4 Å². The quantitative estimate of drug-likeness (QED) is 0.584. The lowest BCUT2D eigenvalue weighted by Crippen LogP contribution is -2.65. The molecule has 3 aliphatic rings. The smallest absolute Gasteiger partial charge is 0.259 e. The van der Waals surface area contributed by atoms with Gasteiger partial charge in [0.05, 0.1) is 30.5 Å². The second-order valence-electron chi connectivity index (χ2n) is 7.31. The third-order valence-electron chi connectivity index (χ3n) is 5.42. The van der Waals surface area contributed by atoms with Gasteiger partial charge in [0, 0.05) is 31.6 Å². The molecule has 2 fully saturated rings. The molecule has 0 radical (unpaired) electrons. The van der Waals surface area contributed by atoms with Crippen molar-refractivity contribution in [1.29, 1.82) is 0 Å². The number of pyridine rings is 1. The van der Waals surface area contributed by atoms with Gasteiger partial charge in [0.1, 0.15) is 11.4 Å². The van der Waals surface area contributed by atoms with Crippen molar-refractivity contribution < 1.29 is 9.53 Å². The van der Waals surface area contributed by atoms with Crippen LogP contribution in [0.5, 0.6) is 0 Å². The van der Waals surface area contributed by atoms with E-state index in [9.17, 15) is 4.79 Å². The van der Waals surface area contributed by atoms with Crippen LogP contribution >= 0.6 is 0 Å². The van der Waals surface area contributed by atoms with Gasteiger partial charge in [-0.05, 0) is 12.1 Å². The van der Waals surface area contributed by atoms with E-state index in [1.54, 1.807) is 0 Å². The lowest BCUT2D eigenvalue weighted by molar-refractivity contribution is -0.119. The maximum absolute atomic E-state index is 13.1. The van der Waals surface area contributed by atoms with Gasteiger partial charge in [0.2, 0.25) is 0 Å². The Hall–Kier alpha value is -2.68. The summed E-state index contributed by atoms with van der Waals surface area (Å²) in [6.07, 6.45) is -0.254. The summed E-state index contributed by atoms with van der Waals surface area (Å²) < 4.78 is 5.44. The first-order valence-electron chi connectivity index (χ1n) is 9.75. The van der Waals surface area contributed by atoms with E-state index < -0.39 is 0 Å². The summed E-state index contributed by atoms with van der Waals surface area (Å²) in [4.78, 5) is 20.0. The van der Waals surface area contributed by atoms with Crippen LogP contribution in [0.3, 0.4) is 0 Å². The number of nitrogens with one attached hydrogen (secondary N) is 4. The second-order valence-corrected chi connectivity index (χ2v) is 7.31. The summed E-state index contributed by atoms with van der Waals surface area (Å²) >= 11 is 0. The largest absolute Gasteiger partial charge is 0.379 e. The molecule has 146 valence electrons. The second kappa shape index (κ2) is 7.38. The third kappa shape index (κ3) is 3.30. The highest BCUT2D eigenvalue weighted by molar-refractivity contribution is 6.20. The van der Waals surface area contributed by atoms with Gasteiger partial charge in [-0.1, -0.05) is 24.3 Å². The van der Waals surface area contributed by atoms with Crippen LogP contribution in [0.1, 0.15) is 5.69 Å². The first-order chi connectivity index (χ1) is 13.8. The number of nitrogens with zero attached hydrogens (tertiary/aromatic N) is 2. The molecule has 4 heterocycles. The van der Waals surface area contributed by atoms with Crippen LogP contribution in [-0.2, 0) is 9.53 Å². The van der Waals surface area contributed by atoms with Gasteiger partial charge in [-0.3, -0.25) is 9.69 Å². The molecule has 0 saturated carbocycles. The van der Waals surface area contributed by atoms with Crippen molar-refractivity contribution in [3.8, 4) is 0 Å². The van der Waals surface area contributed by atoms with Crippen molar-refractivity contribution in [2.45, 2.75) is 12.3 Å². The van der Waals surface area contributed by atoms with Crippen LogP contribution in [0, 0.1) is 0 Å². The number of fused-ring (bicyclic) bond motifs is 1. The van der Waals surface area contributed by atoms with Gasteiger partial charge in [-0.25, -0.2) is 4.98 Å². The Balaban J connectivity index is 1.51. The van der Waals surface area contributed by atoms with E-state index in [0.29, 0.717) is 30.5 Å². The molecule has 0 aliphatic carbocycles. The number of hydrogen-bond donors (Lipinski definition) is 4. The number of carbonyl (C=O) groups excluding carboxylic acids is 1. The highest BCUT2D eigenvalue weighted by atomic mass is 16.5. The summed E-state index contributed by atoms with van der Waals surface area (Å²) in [5.74, 6) is 0.627.